The van der Waals surface area contributed by atoms with Crippen LogP contribution in [0.1, 0.15) is 4.88 Å². The summed E-state index contributed by atoms with van der Waals surface area (Å²) in [5.41, 5.74) is 4.95. The highest BCUT2D eigenvalue weighted by molar-refractivity contribution is 9.11. The van der Waals surface area contributed by atoms with Crippen molar-refractivity contribution in [3.63, 3.8) is 0 Å². The first-order chi connectivity index (χ1) is 6.72. The minimum Gasteiger partial charge on any atom is -0.366 e. The molecule has 0 spiro atoms. The van der Waals surface area contributed by atoms with E-state index in [1.165, 1.54) is 0 Å². The largest absolute Gasteiger partial charge is 0.366 e. The molecule has 0 bridgehead atoms. The van der Waals surface area contributed by atoms with Gasteiger partial charge in [-0.05, 0) is 28.1 Å². The van der Waals surface area contributed by atoms with Crippen molar-refractivity contribution >= 4 is 33.2 Å². The summed E-state index contributed by atoms with van der Waals surface area (Å²) in [6.45, 7) is 0.532. The third-order valence-corrected chi connectivity index (χ3v) is 2.97. The third-order valence-electron chi connectivity index (χ3n) is 1.37. The van der Waals surface area contributed by atoms with Gasteiger partial charge in [-0.15, -0.1) is 11.3 Å². The van der Waals surface area contributed by atoms with E-state index in [1.807, 2.05) is 12.1 Å². The lowest BCUT2D eigenvalue weighted by Crippen LogP contribution is -2.36. The van der Waals surface area contributed by atoms with E-state index in [4.69, 9.17) is 4.74 Å². The molecule has 0 aliphatic heterocycles. The van der Waals surface area contributed by atoms with Gasteiger partial charge in [0.05, 0.1) is 10.4 Å². The molecule has 0 aromatic carbocycles. The number of hydrazine groups is 1. The molecule has 0 atom stereocenters. The molecule has 1 amide bonds. The van der Waals surface area contributed by atoms with Crippen LogP contribution in [0.4, 0.5) is 0 Å². The Morgan fingerprint density at radius 1 is 1.64 bits per heavy atom. The highest BCUT2D eigenvalue weighted by atomic mass is 79.9. The van der Waals surface area contributed by atoms with Crippen molar-refractivity contribution in [2.45, 2.75) is 6.61 Å². The number of rotatable bonds is 5. The monoisotopic (exact) mass is 278 g/mol. The molecule has 1 rings (SSSR count). The smallest absolute Gasteiger partial charge is 0.260 e. The second-order valence-electron chi connectivity index (χ2n) is 2.50. The standard InChI is InChI=1S/C8H11BrN2O2S/c1-10-11-8(12)5-13-4-6-2-3-7(9)14-6/h2-3,10H,4-5H2,1H3,(H,11,12). The van der Waals surface area contributed by atoms with Crippen LogP contribution in [0.15, 0.2) is 15.9 Å². The maximum Gasteiger partial charge on any atom is 0.260 e. The molecule has 0 fully saturated rings. The summed E-state index contributed by atoms with van der Waals surface area (Å²) in [5.74, 6) is -0.178. The van der Waals surface area contributed by atoms with Crippen LogP contribution >= 0.6 is 27.3 Å². The zero-order valence-electron chi connectivity index (χ0n) is 7.67. The maximum absolute atomic E-state index is 10.9. The van der Waals surface area contributed by atoms with E-state index in [-0.39, 0.29) is 12.5 Å². The summed E-state index contributed by atoms with van der Waals surface area (Å²) in [7, 11) is 1.63. The predicted octanol–water partition coefficient (Wildman–Crippen LogP) is 1.28. The van der Waals surface area contributed by atoms with Crippen molar-refractivity contribution in [3.8, 4) is 0 Å². The lowest BCUT2D eigenvalue weighted by molar-refractivity contribution is -0.126. The molecule has 0 unspecified atom stereocenters. The van der Waals surface area contributed by atoms with Crippen molar-refractivity contribution in [2.24, 2.45) is 0 Å². The number of hydrogen-bond donors (Lipinski definition) is 2. The molecule has 0 saturated carbocycles. The van der Waals surface area contributed by atoms with Crippen LogP contribution in [0.3, 0.4) is 0 Å². The molecular formula is C8H11BrN2O2S. The molecule has 0 radical (unpaired) electrons. The number of amides is 1. The van der Waals surface area contributed by atoms with E-state index in [0.29, 0.717) is 6.61 Å². The van der Waals surface area contributed by atoms with E-state index in [9.17, 15) is 4.79 Å². The first-order valence-electron chi connectivity index (χ1n) is 4.00. The minimum absolute atomic E-state index is 0.0658. The summed E-state index contributed by atoms with van der Waals surface area (Å²) in [5, 5.41) is 0. The Kier molecular flexibility index (Phi) is 5.10. The fourth-order valence-electron chi connectivity index (χ4n) is 0.849. The normalized spacial score (nSPS) is 10.1. The van der Waals surface area contributed by atoms with Gasteiger partial charge < -0.3 is 4.74 Å². The van der Waals surface area contributed by atoms with Crippen LogP contribution in [0.25, 0.3) is 0 Å². The average molecular weight is 279 g/mol. The highest BCUT2D eigenvalue weighted by Gasteiger charge is 2.01. The molecule has 1 heterocycles. The number of hydrogen-bond acceptors (Lipinski definition) is 4. The molecular weight excluding hydrogens is 268 g/mol. The van der Waals surface area contributed by atoms with Crippen LogP contribution in [-0.2, 0) is 16.1 Å². The number of ether oxygens (including phenoxy) is 1. The summed E-state index contributed by atoms with van der Waals surface area (Å²) in [6, 6.07) is 3.92. The number of carbonyl (C=O) groups is 1. The molecule has 1 aromatic rings. The Hall–Kier alpha value is -0.430. The van der Waals surface area contributed by atoms with Gasteiger partial charge in [0, 0.05) is 11.9 Å². The number of nitrogens with one attached hydrogen (secondary N) is 2. The fourth-order valence-corrected chi connectivity index (χ4v) is 2.27. The first kappa shape index (κ1) is 11.6. The zero-order chi connectivity index (χ0) is 10.4. The Labute approximate surface area is 94.7 Å². The van der Waals surface area contributed by atoms with Gasteiger partial charge in [0.1, 0.15) is 6.61 Å². The zero-order valence-corrected chi connectivity index (χ0v) is 10.1. The van der Waals surface area contributed by atoms with Crippen LogP contribution in [0.5, 0.6) is 0 Å². The van der Waals surface area contributed by atoms with Crippen molar-refractivity contribution in [1.82, 2.24) is 10.9 Å². The van der Waals surface area contributed by atoms with Crippen LogP contribution in [0, 0.1) is 0 Å². The molecule has 2 N–H and O–H groups in total. The van der Waals surface area contributed by atoms with E-state index < -0.39 is 0 Å². The molecule has 0 aliphatic carbocycles. The Balaban J connectivity index is 2.18. The van der Waals surface area contributed by atoms with E-state index in [1.54, 1.807) is 18.4 Å². The van der Waals surface area contributed by atoms with Crippen molar-refractivity contribution in [3.05, 3.63) is 20.8 Å². The summed E-state index contributed by atoms with van der Waals surface area (Å²) >= 11 is 4.95. The molecule has 4 nitrogen and oxygen atoms in total. The van der Waals surface area contributed by atoms with Gasteiger partial charge in [0.15, 0.2) is 0 Å². The van der Waals surface area contributed by atoms with Crippen molar-refractivity contribution in [1.29, 1.82) is 0 Å². The number of thiophene rings is 1. The molecule has 78 valence electrons. The SMILES string of the molecule is CNNC(=O)COCc1ccc(Br)s1. The Morgan fingerprint density at radius 2 is 2.43 bits per heavy atom. The van der Waals surface area contributed by atoms with Crippen LogP contribution < -0.4 is 10.9 Å². The molecule has 1 aromatic heterocycles. The topological polar surface area (TPSA) is 50.4 Å². The van der Waals surface area contributed by atoms with Gasteiger partial charge in [0.25, 0.3) is 5.91 Å². The van der Waals surface area contributed by atoms with Crippen molar-refractivity contribution in [2.75, 3.05) is 13.7 Å². The quantitative estimate of drug-likeness (QED) is 0.798. The molecule has 0 aliphatic rings. The number of carbonyl (C=O) groups excluding carboxylic acids is 1. The van der Waals surface area contributed by atoms with Crippen molar-refractivity contribution < 1.29 is 9.53 Å². The van der Waals surface area contributed by atoms with E-state index >= 15 is 0 Å². The van der Waals surface area contributed by atoms with Gasteiger partial charge in [-0.3, -0.25) is 10.2 Å². The second kappa shape index (κ2) is 6.13. The summed E-state index contributed by atoms with van der Waals surface area (Å²) in [4.78, 5) is 12.0. The Bertz CT molecular complexity index is 303. The maximum atomic E-state index is 10.9. The lowest BCUT2D eigenvalue weighted by atomic mass is 10.5. The van der Waals surface area contributed by atoms with Gasteiger partial charge in [-0.25, -0.2) is 5.43 Å². The first-order valence-corrected chi connectivity index (χ1v) is 5.61. The van der Waals surface area contributed by atoms with E-state index in [2.05, 4.69) is 26.8 Å². The van der Waals surface area contributed by atoms with Gasteiger partial charge in [0.2, 0.25) is 0 Å². The predicted molar refractivity (Wildman–Crippen MR) is 58.9 cm³/mol. The molecule has 14 heavy (non-hydrogen) atoms. The summed E-state index contributed by atoms with van der Waals surface area (Å²) in [6.07, 6.45) is 0. The number of halogens is 1. The minimum atomic E-state index is -0.178. The highest BCUT2D eigenvalue weighted by Crippen LogP contribution is 2.22. The molecule has 6 heteroatoms. The molecule has 0 saturated heterocycles. The van der Waals surface area contributed by atoms with Crippen LogP contribution in [-0.4, -0.2) is 19.6 Å². The van der Waals surface area contributed by atoms with Crippen LogP contribution in [0.2, 0.25) is 0 Å². The third kappa shape index (κ3) is 4.19. The lowest BCUT2D eigenvalue weighted by Gasteiger charge is -2.02. The second-order valence-corrected chi connectivity index (χ2v) is 5.04. The van der Waals surface area contributed by atoms with Gasteiger partial charge in [-0.1, -0.05) is 0 Å². The van der Waals surface area contributed by atoms with Gasteiger partial charge >= 0.3 is 0 Å². The fraction of sp³-hybridized carbons (Fsp3) is 0.375. The van der Waals surface area contributed by atoms with E-state index in [0.717, 1.165) is 8.66 Å². The summed E-state index contributed by atoms with van der Waals surface area (Å²) < 4.78 is 6.25. The van der Waals surface area contributed by atoms with Gasteiger partial charge in [-0.2, -0.15) is 0 Å². The Morgan fingerprint density at radius 3 is 3.00 bits per heavy atom. The average Bonchev–Trinajstić information content (AvgIpc) is 2.52.